The number of fused-ring (bicyclic) bond motifs is 1. The summed E-state index contributed by atoms with van der Waals surface area (Å²) < 4.78 is 5.10. The first-order valence-electron chi connectivity index (χ1n) is 8.68. The van der Waals surface area contributed by atoms with E-state index in [1.54, 1.807) is 11.8 Å². The number of hydrogen-bond donors (Lipinski definition) is 1. The molecule has 0 radical (unpaired) electrons. The van der Waals surface area contributed by atoms with Crippen molar-refractivity contribution in [3.63, 3.8) is 0 Å². The lowest BCUT2D eigenvalue weighted by atomic mass is 9.78. The molecule has 2 heterocycles. The topological polar surface area (TPSA) is 80.3 Å². The zero-order valence-electron chi connectivity index (χ0n) is 15.5. The molecule has 0 aromatic heterocycles. The largest absolute Gasteiger partial charge is 0.464 e. The predicted octanol–water partition coefficient (Wildman–Crippen LogP) is 0.509. The van der Waals surface area contributed by atoms with Crippen LogP contribution in [-0.4, -0.2) is 54.4 Å². The second-order valence-corrected chi connectivity index (χ2v) is 8.10. The molecule has 2 fully saturated rings. The minimum Gasteiger partial charge on any atom is -0.464 e. The highest BCUT2D eigenvalue weighted by Crippen LogP contribution is 2.45. The number of hydrogen-bond acceptors (Lipinski definition) is 5. The molecular formula is C19H25N2O4S+. The van der Waals surface area contributed by atoms with Gasteiger partial charge in [0.1, 0.15) is 17.9 Å². The van der Waals surface area contributed by atoms with Crippen molar-refractivity contribution < 1.29 is 24.4 Å². The van der Waals surface area contributed by atoms with Crippen molar-refractivity contribution in [1.29, 1.82) is 0 Å². The Labute approximate surface area is 157 Å². The first kappa shape index (κ1) is 18.9. The Balaban J connectivity index is 2.11. The third kappa shape index (κ3) is 2.74. The van der Waals surface area contributed by atoms with Crippen LogP contribution in [0.25, 0.3) is 0 Å². The second-order valence-electron chi connectivity index (χ2n) is 7.12. The molecule has 2 N–H and O–H groups in total. The number of likely N-dealkylation sites (tertiary alicyclic amines) is 1. The first-order valence-corrected chi connectivity index (χ1v) is 10.1. The van der Waals surface area contributed by atoms with E-state index in [9.17, 15) is 14.4 Å². The number of aryl methyl sites for hydroxylation is 1. The molecule has 0 saturated carbocycles. The van der Waals surface area contributed by atoms with Gasteiger partial charge in [0.05, 0.1) is 7.11 Å². The maximum Gasteiger partial charge on any atom is 0.368 e. The van der Waals surface area contributed by atoms with E-state index in [2.05, 4.69) is 0 Å². The summed E-state index contributed by atoms with van der Waals surface area (Å²) >= 11 is 1.61. The van der Waals surface area contributed by atoms with Gasteiger partial charge in [-0.05, 0) is 18.9 Å². The second kappa shape index (κ2) is 7.04. The van der Waals surface area contributed by atoms with Crippen molar-refractivity contribution in [3.8, 4) is 0 Å². The van der Waals surface area contributed by atoms with Crippen molar-refractivity contribution in [2.24, 2.45) is 11.8 Å². The van der Waals surface area contributed by atoms with Crippen LogP contribution in [0.2, 0.25) is 0 Å². The van der Waals surface area contributed by atoms with Crippen molar-refractivity contribution >= 4 is 29.5 Å². The number of nitrogens with two attached hydrogens (primary N) is 1. The van der Waals surface area contributed by atoms with Crippen LogP contribution in [0.1, 0.15) is 23.6 Å². The van der Waals surface area contributed by atoms with Crippen LogP contribution in [0.4, 0.5) is 0 Å². The summed E-state index contributed by atoms with van der Waals surface area (Å²) in [7, 11) is 2.85. The minimum atomic E-state index is -1.06. The number of thioether (sulfide) groups is 1. The molecule has 0 unspecified atom stereocenters. The monoisotopic (exact) mass is 377 g/mol. The molecule has 6 nitrogen and oxygen atoms in total. The van der Waals surface area contributed by atoms with Gasteiger partial charge in [0.15, 0.2) is 0 Å². The quantitative estimate of drug-likeness (QED) is 0.597. The highest BCUT2D eigenvalue weighted by molar-refractivity contribution is 7.98. The van der Waals surface area contributed by atoms with E-state index >= 15 is 0 Å². The molecule has 0 aliphatic carbocycles. The summed E-state index contributed by atoms with van der Waals surface area (Å²) in [6.07, 6.45) is 2.44. The Morgan fingerprint density at radius 3 is 2.50 bits per heavy atom. The Hall–Kier alpha value is -1.86. The lowest BCUT2D eigenvalue weighted by Gasteiger charge is -2.28. The van der Waals surface area contributed by atoms with E-state index in [1.165, 1.54) is 19.1 Å². The molecule has 2 saturated heterocycles. The fourth-order valence-corrected chi connectivity index (χ4v) is 4.90. The summed E-state index contributed by atoms with van der Waals surface area (Å²) in [5.74, 6) is -1.44. The number of imide groups is 1. The molecule has 26 heavy (non-hydrogen) atoms. The highest BCUT2D eigenvalue weighted by Gasteiger charge is 2.71. The summed E-state index contributed by atoms with van der Waals surface area (Å²) in [4.78, 5) is 39.8. The summed E-state index contributed by atoms with van der Waals surface area (Å²) in [5, 5.41) is 1.91. The standard InChI is InChI=1S/C19H24N2O4S/c1-11-5-7-12(8-6-11)15-13-14(17(23)21(2)16(13)22)19(20-15,9-10-26-4)18(24)25-3/h5-8,13-15,20H,9-10H2,1-4H3/p+1/t13-,14+,15-,19+/m1/s1. The molecule has 4 atom stereocenters. The molecule has 2 aliphatic heterocycles. The molecule has 2 amide bonds. The zero-order chi connectivity index (χ0) is 19.1. The lowest BCUT2D eigenvalue weighted by molar-refractivity contribution is -0.734. The number of methoxy groups -OCH3 is 1. The van der Waals surface area contributed by atoms with Gasteiger partial charge in [-0.3, -0.25) is 14.5 Å². The Kier molecular flexibility index (Phi) is 5.12. The van der Waals surface area contributed by atoms with Crippen molar-refractivity contribution in [2.75, 3.05) is 26.2 Å². The highest BCUT2D eigenvalue weighted by atomic mass is 32.2. The van der Waals surface area contributed by atoms with E-state index in [-0.39, 0.29) is 17.9 Å². The van der Waals surface area contributed by atoms with E-state index in [0.717, 1.165) is 11.1 Å². The van der Waals surface area contributed by atoms with Gasteiger partial charge in [0.25, 0.3) is 0 Å². The van der Waals surface area contributed by atoms with Crippen LogP contribution in [0.5, 0.6) is 0 Å². The van der Waals surface area contributed by atoms with Gasteiger partial charge in [0, 0.05) is 19.0 Å². The first-order chi connectivity index (χ1) is 12.4. The average Bonchev–Trinajstić information content (AvgIpc) is 3.10. The third-order valence-electron chi connectivity index (χ3n) is 5.74. The molecule has 3 rings (SSSR count). The Morgan fingerprint density at radius 1 is 1.27 bits per heavy atom. The third-order valence-corrected chi connectivity index (χ3v) is 6.35. The molecule has 1 aromatic carbocycles. The molecular weight excluding hydrogens is 352 g/mol. The van der Waals surface area contributed by atoms with Gasteiger partial charge < -0.3 is 10.1 Å². The van der Waals surface area contributed by atoms with Crippen LogP contribution < -0.4 is 5.32 Å². The number of nitrogens with zero attached hydrogens (tertiary/aromatic N) is 1. The Morgan fingerprint density at radius 2 is 1.92 bits per heavy atom. The molecule has 2 aliphatic rings. The maximum absolute atomic E-state index is 12.9. The smallest absolute Gasteiger partial charge is 0.368 e. The van der Waals surface area contributed by atoms with Gasteiger partial charge in [-0.25, -0.2) is 4.79 Å². The van der Waals surface area contributed by atoms with Crippen molar-refractivity contribution in [2.45, 2.75) is 24.9 Å². The normalized spacial score (nSPS) is 30.6. The fourth-order valence-electron chi connectivity index (χ4n) is 4.36. The molecule has 1 aromatic rings. The maximum atomic E-state index is 12.9. The molecule has 7 heteroatoms. The van der Waals surface area contributed by atoms with Crippen molar-refractivity contribution in [1.82, 2.24) is 4.90 Å². The number of amides is 2. The summed E-state index contributed by atoms with van der Waals surface area (Å²) in [5.41, 5.74) is 1.02. The molecule has 0 bridgehead atoms. The van der Waals surface area contributed by atoms with Gasteiger partial charge in [-0.1, -0.05) is 29.8 Å². The van der Waals surface area contributed by atoms with E-state index in [0.29, 0.717) is 12.2 Å². The lowest BCUT2D eigenvalue weighted by Crippen LogP contribution is -2.98. The van der Waals surface area contributed by atoms with Gasteiger partial charge >= 0.3 is 5.97 Å². The van der Waals surface area contributed by atoms with Crippen molar-refractivity contribution in [3.05, 3.63) is 35.4 Å². The number of carbonyl (C=O) groups is 3. The van der Waals surface area contributed by atoms with Crippen LogP contribution in [0.3, 0.4) is 0 Å². The number of carbonyl (C=O) groups excluding carboxylic acids is 3. The van der Waals surface area contributed by atoms with E-state index in [4.69, 9.17) is 4.74 Å². The van der Waals surface area contributed by atoms with Crippen LogP contribution in [0, 0.1) is 18.8 Å². The van der Waals surface area contributed by atoms with E-state index < -0.39 is 23.3 Å². The summed E-state index contributed by atoms with van der Waals surface area (Å²) in [6.45, 7) is 2.00. The number of ether oxygens (including phenoxy) is 1. The van der Waals surface area contributed by atoms with Gasteiger partial charge in [0.2, 0.25) is 17.4 Å². The molecule has 0 spiro atoms. The van der Waals surface area contributed by atoms with Crippen LogP contribution in [-0.2, 0) is 19.1 Å². The minimum absolute atomic E-state index is 0.211. The fraction of sp³-hybridized carbons (Fsp3) is 0.526. The summed E-state index contributed by atoms with van der Waals surface area (Å²) in [6, 6.07) is 7.66. The van der Waals surface area contributed by atoms with E-state index in [1.807, 2.05) is 42.8 Å². The zero-order valence-corrected chi connectivity index (χ0v) is 16.3. The average molecular weight is 377 g/mol. The Bertz CT molecular complexity index is 736. The van der Waals surface area contributed by atoms with Gasteiger partial charge in [-0.2, -0.15) is 11.8 Å². The number of esters is 1. The predicted molar refractivity (Wildman–Crippen MR) is 98.3 cm³/mol. The molecule has 140 valence electrons. The SMILES string of the molecule is COC(=O)[C@@]1(CCSC)[NH2+][C@H](c2ccc(C)cc2)[C@@H]2C(=O)N(C)C(=O)[C@H]21. The number of benzene rings is 1. The van der Waals surface area contributed by atoms with Crippen LogP contribution in [0.15, 0.2) is 24.3 Å². The number of rotatable bonds is 5. The van der Waals surface area contributed by atoms with Crippen LogP contribution >= 0.6 is 11.8 Å². The number of quaternary nitrogens is 1. The van der Waals surface area contributed by atoms with Gasteiger partial charge in [-0.15, -0.1) is 0 Å².